The van der Waals surface area contributed by atoms with Gasteiger partial charge in [-0.1, -0.05) is 12.1 Å². The number of nitrogens with one attached hydrogen (secondary N) is 1. The van der Waals surface area contributed by atoms with Crippen LogP contribution in [0.25, 0.3) is 11.0 Å². The van der Waals surface area contributed by atoms with Gasteiger partial charge in [0.25, 0.3) is 0 Å². The minimum absolute atomic E-state index is 0.458. The van der Waals surface area contributed by atoms with E-state index >= 15 is 0 Å². The van der Waals surface area contributed by atoms with Gasteiger partial charge >= 0.3 is 0 Å². The van der Waals surface area contributed by atoms with Crippen molar-refractivity contribution in [2.75, 3.05) is 38.1 Å². The lowest BCUT2D eigenvalue weighted by atomic mass is 10.2. The van der Waals surface area contributed by atoms with Gasteiger partial charge in [0.1, 0.15) is 17.9 Å². The van der Waals surface area contributed by atoms with Crippen LogP contribution in [0, 0.1) is 13.8 Å². The summed E-state index contributed by atoms with van der Waals surface area (Å²) in [7, 11) is 5.69. The van der Waals surface area contributed by atoms with Crippen LogP contribution in [0.2, 0.25) is 0 Å². The van der Waals surface area contributed by atoms with Crippen LogP contribution >= 0.6 is 0 Å². The van der Waals surface area contributed by atoms with Crippen molar-refractivity contribution in [3.63, 3.8) is 0 Å². The van der Waals surface area contributed by atoms with Gasteiger partial charge in [-0.05, 0) is 44.0 Å². The Hall–Kier alpha value is -2.80. The minimum Gasteiger partial charge on any atom is -0.497 e. The standard InChI is InChI=1S/C21H29N5O2/c1-7-28-13-18-24-19-20(26(18)25(4)5)14(2)15(3)23-21(19)22-12-16-8-10-17(27-6)11-9-16/h8-11H,7,12-13H2,1-6H3,(H,22,23). The number of imidazole rings is 1. The molecule has 0 aliphatic rings. The molecule has 7 heteroatoms. The summed E-state index contributed by atoms with van der Waals surface area (Å²) in [4.78, 5) is 9.64. The third kappa shape index (κ3) is 3.89. The highest BCUT2D eigenvalue weighted by molar-refractivity contribution is 5.90. The molecule has 1 aromatic carbocycles. The molecular weight excluding hydrogens is 354 g/mol. The van der Waals surface area contributed by atoms with E-state index in [9.17, 15) is 0 Å². The maximum absolute atomic E-state index is 5.64. The summed E-state index contributed by atoms with van der Waals surface area (Å²) >= 11 is 0. The summed E-state index contributed by atoms with van der Waals surface area (Å²) in [5.41, 5.74) is 5.17. The van der Waals surface area contributed by atoms with Crippen LogP contribution in [0.15, 0.2) is 24.3 Å². The van der Waals surface area contributed by atoms with Gasteiger partial charge in [0.2, 0.25) is 0 Å². The van der Waals surface area contributed by atoms with E-state index in [0.717, 1.165) is 45.2 Å². The van der Waals surface area contributed by atoms with Crippen LogP contribution in [0.1, 0.15) is 29.6 Å². The molecule has 2 aromatic heterocycles. The summed E-state index contributed by atoms with van der Waals surface area (Å²) in [6, 6.07) is 8.01. The van der Waals surface area contributed by atoms with Crippen LogP contribution in [-0.2, 0) is 17.9 Å². The molecule has 0 radical (unpaired) electrons. The first-order valence-corrected chi connectivity index (χ1v) is 9.46. The average molecular weight is 383 g/mol. The van der Waals surface area contributed by atoms with E-state index in [1.807, 2.05) is 57.2 Å². The van der Waals surface area contributed by atoms with Gasteiger partial charge in [-0.15, -0.1) is 0 Å². The predicted molar refractivity (Wildman–Crippen MR) is 113 cm³/mol. The second-order valence-corrected chi connectivity index (χ2v) is 6.89. The van der Waals surface area contributed by atoms with E-state index in [1.165, 1.54) is 0 Å². The highest BCUT2D eigenvalue weighted by Gasteiger charge is 2.20. The molecule has 0 spiro atoms. The molecule has 0 aliphatic carbocycles. The monoisotopic (exact) mass is 383 g/mol. The van der Waals surface area contributed by atoms with Crippen LogP contribution in [0.4, 0.5) is 5.82 Å². The van der Waals surface area contributed by atoms with Gasteiger partial charge in [0.15, 0.2) is 11.6 Å². The number of anilines is 1. The Bertz CT molecular complexity index is 948. The lowest BCUT2D eigenvalue weighted by Crippen LogP contribution is -2.27. The Kier molecular flexibility index (Phi) is 6.04. The van der Waals surface area contributed by atoms with E-state index in [4.69, 9.17) is 19.4 Å². The molecule has 0 fully saturated rings. The number of ether oxygens (including phenoxy) is 2. The normalized spacial score (nSPS) is 11.1. The number of aromatic nitrogens is 3. The number of hydrogen-bond acceptors (Lipinski definition) is 6. The zero-order chi connectivity index (χ0) is 20.3. The van der Waals surface area contributed by atoms with Crippen molar-refractivity contribution in [3.8, 4) is 5.75 Å². The molecule has 3 rings (SSSR count). The number of pyridine rings is 1. The predicted octanol–water partition coefficient (Wildman–Crippen LogP) is 3.40. The topological polar surface area (TPSA) is 64.4 Å². The fourth-order valence-corrected chi connectivity index (χ4v) is 3.21. The van der Waals surface area contributed by atoms with Gasteiger partial charge < -0.3 is 19.8 Å². The van der Waals surface area contributed by atoms with Crippen molar-refractivity contribution in [3.05, 3.63) is 46.9 Å². The second kappa shape index (κ2) is 8.48. The Morgan fingerprint density at radius 3 is 2.43 bits per heavy atom. The SMILES string of the molecule is CCOCc1nc2c(NCc3ccc(OC)cc3)nc(C)c(C)c2n1N(C)C. The zero-order valence-electron chi connectivity index (χ0n) is 17.5. The molecule has 3 aromatic rings. The van der Waals surface area contributed by atoms with E-state index in [0.29, 0.717) is 19.8 Å². The van der Waals surface area contributed by atoms with Gasteiger partial charge in [0.05, 0.1) is 12.6 Å². The second-order valence-electron chi connectivity index (χ2n) is 6.89. The summed E-state index contributed by atoms with van der Waals surface area (Å²) in [6.07, 6.45) is 0. The molecular formula is C21H29N5O2. The Morgan fingerprint density at radius 2 is 1.82 bits per heavy atom. The van der Waals surface area contributed by atoms with Crippen molar-refractivity contribution in [1.82, 2.24) is 14.6 Å². The lowest BCUT2D eigenvalue weighted by Gasteiger charge is -2.20. The molecule has 0 saturated carbocycles. The van der Waals surface area contributed by atoms with Crippen LogP contribution in [-0.4, -0.2) is 42.5 Å². The summed E-state index contributed by atoms with van der Waals surface area (Å²) in [5, 5.41) is 5.49. The van der Waals surface area contributed by atoms with Crippen LogP contribution in [0.5, 0.6) is 5.75 Å². The Morgan fingerprint density at radius 1 is 1.11 bits per heavy atom. The van der Waals surface area contributed by atoms with E-state index in [2.05, 4.69) is 16.9 Å². The maximum atomic E-state index is 5.64. The number of rotatable bonds is 8. The molecule has 0 saturated heterocycles. The fourth-order valence-electron chi connectivity index (χ4n) is 3.21. The highest BCUT2D eigenvalue weighted by Crippen LogP contribution is 2.28. The Balaban J connectivity index is 2.00. The quantitative estimate of drug-likeness (QED) is 0.643. The molecule has 0 bridgehead atoms. The highest BCUT2D eigenvalue weighted by atomic mass is 16.5. The largest absolute Gasteiger partial charge is 0.497 e. The number of nitrogens with zero attached hydrogens (tertiary/aromatic N) is 4. The van der Waals surface area contributed by atoms with Crippen molar-refractivity contribution in [2.24, 2.45) is 0 Å². The van der Waals surface area contributed by atoms with Gasteiger partial charge in [-0.2, -0.15) is 0 Å². The minimum atomic E-state index is 0.458. The van der Waals surface area contributed by atoms with E-state index in [-0.39, 0.29) is 0 Å². The molecule has 150 valence electrons. The molecule has 1 N–H and O–H groups in total. The molecule has 7 nitrogen and oxygen atoms in total. The fraction of sp³-hybridized carbons (Fsp3) is 0.429. The number of methoxy groups -OCH3 is 1. The van der Waals surface area contributed by atoms with E-state index in [1.54, 1.807) is 7.11 Å². The third-order valence-electron chi connectivity index (χ3n) is 4.78. The van der Waals surface area contributed by atoms with Gasteiger partial charge in [0, 0.05) is 32.9 Å². The first-order chi connectivity index (χ1) is 13.5. The summed E-state index contributed by atoms with van der Waals surface area (Å²) < 4.78 is 13.0. The first kappa shape index (κ1) is 19.9. The average Bonchev–Trinajstić information content (AvgIpc) is 3.08. The zero-order valence-corrected chi connectivity index (χ0v) is 17.5. The number of fused-ring (bicyclic) bond motifs is 1. The van der Waals surface area contributed by atoms with Crippen LogP contribution < -0.4 is 15.1 Å². The first-order valence-electron chi connectivity index (χ1n) is 9.46. The van der Waals surface area contributed by atoms with Crippen LogP contribution in [0.3, 0.4) is 0 Å². The number of aryl methyl sites for hydroxylation is 2. The Labute approximate surface area is 166 Å². The van der Waals surface area contributed by atoms with Crippen molar-refractivity contribution < 1.29 is 9.47 Å². The smallest absolute Gasteiger partial charge is 0.154 e. The number of benzene rings is 1. The summed E-state index contributed by atoms with van der Waals surface area (Å²) in [5.74, 6) is 2.50. The van der Waals surface area contributed by atoms with E-state index < -0.39 is 0 Å². The van der Waals surface area contributed by atoms with Crippen molar-refractivity contribution in [2.45, 2.75) is 33.9 Å². The van der Waals surface area contributed by atoms with Gasteiger partial charge in [-0.25, -0.2) is 14.6 Å². The maximum Gasteiger partial charge on any atom is 0.154 e. The molecule has 28 heavy (non-hydrogen) atoms. The summed E-state index contributed by atoms with van der Waals surface area (Å²) in [6.45, 7) is 7.87. The molecule has 2 heterocycles. The van der Waals surface area contributed by atoms with Gasteiger partial charge in [-0.3, -0.25) is 0 Å². The molecule has 0 unspecified atom stereocenters. The van der Waals surface area contributed by atoms with Crippen molar-refractivity contribution in [1.29, 1.82) is 0 Å². The molecule has 0 amide bonds. The molecule has 0 atom stereocenters. The van der Waals surface area contributed by atoms with Crippen molar-refractivity contribution >= 4 is 16.9 Å². The lowest BCUT2D eigenvalue weighted by molar-refractivity contribution is 0.126. The third-order valence-corrected chi connectivity index (χ3v) is 4.78. The molecule has 0 aliphatic heterocycles. The number of hydrogen-bond donors (Lipinski definition) is 1.